The van der Waals surface area contributed by atoms with E-state index in [1.165, 1.54) is 0 Å². The molecule has 1 aliphatic heterocycles. The van der Waals surface area contributed by atoms with Gasteiger partial charge in [0.25, 0.3) is 0 Å². The molecule has 8 heteroatoms. The van der Waals surface area contributed by atoms with E-state index < -0.39 is 36.0 Å². The number of carboxylic acid groups (broad SMARTS) is 2. The van der Waals surface area contributed by atoms with E-state index in [0.29, 0.717) is 0 Å². The Morgan fingerprint density at radius 2 is 2.00 bits per heavy atom. The minimum absolute atomic E-state index is 0.175. The molecule has 1 amide bonds. The molecule has 1 saturated heterocycles. The molecule has 1 heterocycles. The van der Waals surface area contributed by atoms with Gasteiger partial charge in [-0.3, -0.25) is 9.59 Å². The Balaban J connectivity index is 2.47. The SMILES string of the molecule is O=C(O)CC[C@H](NC(=O)[C@@H]1C[C@@H](O)CN1)C(=O)O. The predicted molar refractivity (Wildman–Crippen MR) is 58.9 cm³/mol. The fraction of sp³-hybridized carbons (Fsp3) is 0.700. The number of carbonyl (C=O) groups is 3. The van der Waals surface area contributed by atoms with Crippen molar-refractivity contribution in [2.24, 2.45) is 0 Å². The minimum atomic E-state index is -1.27. The van der Waals surface area contributed by atoms with Crippen LogP contribution in [0.2, 0.25) is 0 Å². The summed E-state index contributed by atoms with van der Waals surface area (Å²) in [5.74, 6) is -2.93. The third kappa shape index (κ3) is 4.30. The lowest BCUT2D eigenvalue weighted by molar-refractivity contribution is -0.143. The average Bonchev–Trinajstić information content (AvgIpc) is 2.70. The smallest absolute Gasteiger partial charge is 0.326 e. The Morgan fingerprint density at radius 3 is 2.44 bits per heavy atom. The molecule has 3 atom stereocenters. The van der Waals surface area contributed by atoms with Crippen molar-refractivity contribution in [3.63, 3.8) is 0 Å². The third-order valence-electron chi connectivity index (χ3n) is 2.69. The summed E-state index contributed by atoms with van der Waals surface area (Å²) in [6.07, 6.45) is -0.913. The summed E-state index contributed by atoms with van der Waals surface area (Å²) in [5.41, 5.74) is 0. The number of carbonyl (C=O) groups excluding carboxylic acids is 1. The Bertz CT molecular complexity index is 345. The van der Waals surface area contributed by atoms with E-state index in [1.54, 1.807) is 0 Å². The van der Waals surface area contributed by atoms with Gasteiger partial charge in [-0.15, -0.1) is 0 Å². The molecule has 0 unspecified atom stereocenters. The number of hydrogen-bond donors (Lipinski definition) is 5. The molecule has 0 aliphatic carbocycles. The van der Waals surface area contributed by atoms with Crippen molar-refractivity contribution in [3.8, 4) is 0 Å². The standard InChI is InChI=1S/C10H16N2O6/c13-5-3-7(11-4-5)9(16)12-6(10(17)18)1-2-8(14)15/h5-7,11,13H,1-4H2,(H,12,16)(H,14,15)(H,17,18)/t5-,6+,7+/m1/s1. The molecule has 18 heavy (non-hydrogen) atoms. The molecule has 0 saturated carbocycles. The maximum absolute atomic E-state index is 11.7. The highest BCUT2D eigenvalue weighted by molar-refractivity contribution is 5.87. The molecule has 102 valence electrons. The second-order valence-corrected chi connectivity index (χ2v) is 4.18. The van der Waals surface area contributed by atoms with Crippen molar-refractivity contribution in [1.29, 1.82) is 0 Å². The van der Waals surface area contributed by atoms with E-state index in [9.17, 15) is 19.5 Å². The number of hydrogen-bond acceptors (Lipinski definition) is 5. The first kappa shape index (κ1) is 14.4. The first-order valence-electron chi connectivity index (χ1n) is 5.56. The number of aliphatic carboxylic acids is 2. The van der Waals surface area contributed by atoms with Gasteiger partial charge in [0.15, 0.2) is 0 Å². The number of β-amino-alcohol motifs (C(OH)–C–C–N with tert-alkyl or cyclic N) is 1. The lowest BCUT2D eigenvalue weighted by Gasteiger charge is -2.16. The highest BCUT2D eigenvalue weighted by atomic mass is 16.4. The zero-order chi connectivity index (χ0) is 13.7. The maximum atomic E-state index is 11.7. The third-order valence-corrected chi connectivity index (χ3v) is 2.69. The number of aliphatic hydroxyl groups excluding tert-OH is 1. The molecule has 0 aromatic heterocycles. The average molecular weight is 260 g/mol. The normalized spacial score (nSPS) is 24.5. The summed E-state index contributed by atoms with van der Waals surface area (Å²) >= 11 is 0. The summed E-state index contributed by atoms with van der Waals surface area (Å²) < 4.78 is 0. The summed E-state index contributed by atoms with van der Waals surface area (Å²) in [6, 6.07) is -1.86. The maximum Gasteiger partial charge on any atom is 0.326 e. The van der Waals surface area contributed by atoms with Gasteiger partial charge in [0.2, 0.25) is 5.91 Å². The second-order valence-electron chi connectivity index (χ2n) is 4.18. The zero-order valence-corrected chi connectivity index (χ0v) is 9.63. The Labute approximate surface area is 103 Å². The topological polar surface area (TPSA) is 136 Å². The Kier molecular flexibility index (Phi) is 5.05. The second kappa shape index (κ2) is 6.31. The molecule has 0 radical (unpaired) electrons. The first-order chi connectivity index (χ1) is 8.40. The number of carboxylic acids is 2. The van der Waals surface area contributed by atoms with Gasteiger partial charge in [-0.25, -0.2) is 4.79 Å². The van der Waals surface area contributed by atoms with E-state index in [2.05, 4.69) is 10.6 Å². The van der Waals surface area contributed by atoms with Gasteiger partial charge >= 0.3 is 11.9 Å². The molecule has 5 N–H and O–H groups in total. The van der Waals surface area contributed by atoms with Crippen LogP contribution in [0.25, 0.3) is 0 Å². The quantitative estimate of drug-likeness (QED) is 0.378. The molecule has 1 aliphatic rings. The molecule has 8 nitrogen and oxygen atoms in total. The lowest BCUT2D eigenvalue weighted by Crippen LogP contribution is -2.48. The van der Waals surface area contributed by atoms with Gasteiger partial charge in [-0.05, 0) is 12.8 Å². The van der Waals surface area contributed by atoms with Crippen molar-refractivity contribution in [2.45, 2.75) is 37.5 Å². The highest BCUT2D eigenvalue weighted by Crippen LogP contribution is 2.07. The number of rotatable bonds is 6. The summed E-state index contributed by atoms with van der Waals surface area (Å²) in [5, 5.41) is 31.6. The van der Waals surface area contributed by atoms with Gasteiger partial charge in [0.1, 0.15) is 6.04 Å². The van der Waals surface area contributed by atoms with Crippen LogP contribution >= 0.6 is 0 Å². The van der Waals surface area contributed by atoms with Crippen LogP contribution in [0.5, 0.6) is 0 Å². The fourth-order valence-electron chi connectivity index (χ4n) is 1.71. The van der Waals surface area contributed by atoms with Crippen molar-refractivity contribution in [2.75, 3.05) is 6.54 Å². The van der Waals surface area contributed by atoms with Crippen LogP contribution in [-0.4, -0.2) is 57.9 Å². The van der Waals surface area contributed by atoms with E-state index >= 15 is 0 Å². The fourth-order valence-corrected chi connectivity index (χ4v) is 1.71. The van der Waals surface area contributed by atoms with E-state index in [0.717, 1.165) is 0 Å². The summed E-state index contributed by atoms with van der Waals surface area (Å²) in [6.45, 7) is 0.283. The van der Waals surface area contributed by atoms with Crippen LogP contribution in [0.15, 0.2) is 0 Å². The van der Waals surface area contributed by atoms with Gasteiger partial charge in [0, 0.05) is 13.0 Å². The van der Waals surface area contributed by atoms with Crippen molar-refractivity contribution >= 4 is 17.8 Å². The monoisotopic (exact) mass is 260 g/mol. The van der Waals surface area contributed by atoms with Crippen LogP contribution in [0.4, 0.5) is 0 Å². The van der Waals surface area contributed by atoms with Crippen LogP contribution in [0.3, 0.4) is 0 Å². The van der Waals surface area contributed by atoms with Gasteiger partial charge in [-0.2, -0.15) is 0 Å². The van der Waals surface area contributed by atoms with Gasteiger partial charge < -0.3 is 26.0 Å². The Morgan fingerprint density at radius 1 is 1.33 bits per heavy atom. The Hall–Kier alpha value is -1.67. The van der Waals surface area contributed by atoms with Crippen LogP contribution in [-0.2, 0) is 14.4 Å². The van der Waals surface area contributed by atoms with Crippen molar-refractivity contribution < 1.29 is 29.7 Å². The minimum Gasteiger partial charge on any atom is -0.481 e. The van der Waals surface area contributed by atoms with Crippen molar-refractivity contribution in [3.05, 3.63) is 0 Å². The van der Waals surface area contributed by atoms with Crippen molar-refractivity contribution in [1.82, 2.24) is 10.6 Å². The molecular formula is C10H16N2O6. The summed E-state index contributed by atoms with van der Waals surface area (Å²) in [4.78, 5) is 32.9. The zero-order valence-electron chi connectivity index (χ0n) is 9.63. The molecule has 1 rings (SSSR count). The highest BCUT2D eigenvalue weighted by Gasteiger charge is 2.30. The van der Waals surface area contributed by atoms with Gasteiger partial charge in [-0.1, -0.05) is 0 Å². The largest absolute Gasteiger partial charge is 0.481 e. The first-order valence-corrected chi connectivity index (χ1v) is 5.56. The molecule has 0 aromatic rings. The van der Waals surface area contributed by atoms with Crippen LogP contribution < -0.4 is 10.6 Å². The lowest BCUT2D eigenvalue weighted by atomic mass is 10.1. The molecule has 0 spiro atoms. The summed E-state index contributed by atoms with van der Waals surface area (Å²) in [7, 11) is 0. The van der Waals surface area contributed by atoms with Crippen LogP contribution in [0.1, 0.15) is 19.3 Å². The number of aliphatic hydroxyl groups is 1. The van der Waals surface area contributed by atoms with E-state index in [4.69, 9.17) is 10.2 Å². The molecule has 0 aromatic carbocycles. The predicted octanol–water partition coefficient (Wildman–Crippen LogP) is -1.86. The van der Waals surface area contributed by atoms with Gasteiger partial charge in [0.05, 0.1) is 12.1 Å². The van der Waals surface area contributed by atoms with E-state index in [-0.39, 0.29) is 25.8 Å². The number of amides is 1. The van der Waals surface area contributed by atoms with E-state index in [1.807, 2.05) is 0 Å². The number of nitrogens with one attached hydrogen (secondary N) is 2. The molecule has 1 fully saturated rings. The van der Waals surface area contributed by atoms with Crippen LogP contribution in [0, 0.1) is 0 Å². The molecular weight excluding hydrogens is 244 g/mol. The molecule has 0 bridgehead atoms.